The highest BCUT2D eigenvalue weighted by atomic mass is 19.4. The molecule has 0 saturated heterocycles. The van der Waals surface area contributed by atoms with E-state index < -0.39 is 18.4 Å². The number of carbonyl (C=O) groups is 1. The lowest BCUT2D eigenvalue weighted by molar-refractivity contribution is -0.210. The van der Waals surface area contributed by atoms with Crippen molar-refractivity contribution in [2.24, 2.45) is 4.99 Å². The molecule has 0 radical (unpaired) electrons. The summed E-state index contributed by atoms with van der Waals surface area (Å²) in [6.45, 7) is 0. The molecule has 1 aromatic rings. The molecule has 2 rings (SSSR count). The van der Waals surface area contributed by atoms with Crippen LogP contribution in [0.3, 0.4) is 0 Å². The number of ether oxygens (including phenoxy) is 1. The van der Waals surface area contributed by atoms with Crippen LogP contribution in [0.15, 0.2) is 35.3 Å². The van der Waals surface area contributed by atoms with E-state index in [0.29, 0.717) is 5.56 Å². The van der Waals surface area contributed by atoms with Crippen LogP contribution in [-0.2, 0) is 16.0 Å². The quantitative estimate of drug-likeness (QED) is 0.746. The number of hydrogen-bond acceptors (Lipinski definition) is 3. The van der Waals surface area contributed by atoms with Crippen LogP contribution >= 0.6 is 0 Å². The molecule has 0 fully saturated rings. The van der Waals surface area contributed by atoms with Crippen LogP contribution < -0.4 is 0 Å². The highest BCUT2D eigenvalue weighted by Gasteiger charge is 2.47. The van der Waals surface area contributed by atoms with Gasteiger partial charge in [-0.15, -0.1) is 0 Å². The monoisotopic (exact) mass is 243 g/mol. The van der Waals surface area contributed by atoms with Crippen LogP contribution in [0, 0.1) is 0 Å². The molecule has 1 atom stereocenters. The summed E-state index contributed by atoms with van der Waals surface area (Å²) >= 11 is 0. The minimum Gasteiger partial charge on any atom is -0.425 e. The Balaban J connectivity index is 2.14. The van der Waals surface area contributed by atoms with Crippen molar-refractivity contribution in [2.75, 3.05) is 0 Å². The first kappa shape index (κ1) is 11.6. The molecule has 17 heavy (non-hydrogen) atoms. The summed E-state index contributed by atoms with van der Waals surface area (Å²) in [6, 6.07) is 8.65. The summed E-state index contributed by atoms with van der Waals surface area (Å²) in [4.78, 5) is 14.4. The van der Waals surface area contributed by atoms with E-state index in [2.05, 4.69) is 9.73 Å². The summed E-state index contributed by atoms with van der Waals surface area (Å²) in [7, 11) is 0. The van der Waals surface area contributed by atoms with Crippen molar-refractivity contribution in [2.45, 2.75) is 18.8 Å². The minimum atomic E-state index is -4.64. The Morgan fingerprint density at radius 2 is 1.88 bits per heavy atom. The van der Waals surface area contributed by atoms with E-state index in [0.717, 1.165) is 0 Å². The average Bonchev–Trinajstić information content (AvgIpc) is 2.62. The Labute approximate surface area is 94.9 Å². The predicted octanol–water partition coefficient (Wildman–Crippen LogP) is 2.12. The smallest absolute Gasteiger partial charge is 0.425 e. The third kappa shape index (κ3) is 2.64. The van der Waals surface area contributed by atoms with Gasteiger partial charge in [-0.05, 0) is 5.56 Å². The summed E-state index contributed by atoms with van der Waals surface area (Å²) in [5.41, 5.74) is 0.518. The molecule has 1 aliphatic rings. The summed E-state index contributed by atoms with van der Waals surface area (Å²) in [5.74, 6) is -1.00. The standard InChI is InChI=1S/C11H8F3NO2/c12-11(13,14)10-15-8(9(16)17-10)6-7-4-2-1-3-5-7/h1-5,10H,6H2/t10-/m1/s1. The Bertz CT molecular complexity index is 454. The molecule has 0 spiro atoms. The van der Waals surface area contributed by atoms with Crippen LogP contribution in [0.2, 0.25) is 0 Å². The van der Waals surface area contributed by atoms with Crippen molar-refractivity contribution in [3.05, 3.63) is 35.9 Å². The second-order valence-corrected chi connectivity index (χ2v) is 3.54. The fourth-order valence-electron chi connectivity index (χ4n) is 1.44. The van der Waals surface area contributed by atoms with Crippen molar-refractivity contribution in [1.82, 2.24) is 0 Å². The maximum absolute atomic E-state index is 12.3. The lowest BCUT2D eigenvalue weighted by Gasteiger charge is -2.09. The van der Waals surface area contributed by atoms with Crippen LogP contribution in [-0.4, -0.2) is 24.1 Å². The second-order valence-electron chi connectivity index (χ2n) is 3.54. The van der Waals surface area contributed by atoms with E-state index in [9.17, 15) is 18.0 Å². The van der Waals surface area contributed by atoms with Gasteiger partial charge in [-0.3, -0.25) is 0 Å². The van der Waals surface area contributed by atoms with E-state index >= 15 is 0 Å². The Kier molecular flexibility index (Phi) is 2.87. The maximum atomic E-state index is 12.3. The van der Waals surface area contributed by atoms with Crippen molar-refractivity contribution in [1.29, 1.82) is 0 Å². The lowest BCUT2D eigenvalue weighted by Crippen LogP contribution is -2.27. The van der Waals surface area contributed by atoms with E-state index in [4.69, 9.17) is 0 Å². The average molecular weight is 243 g/mol. The molecule has 0 aromatic heterocycles. The molecule has 0 aliphatic carbocycles. The minimum absolute atomic E-state index is 0.0479. The van der Waals surface area contributed by atoms with Crippen molar-refractivity contribution >= 4 is 11.7 Å². The number of cyclic esters (lactones) is 1. The molecule has 3 nitrogen and oxygen atoms in total. The van der Waals surface area contributed by atoms with E-state index in [-0.39, 0.29) is 12.1 Å². The molecule has 0 unspecified atom stereocenters. The topological polar surface area (TPSA) is 38.7 Å². The summed E-state index contributed by atoms with van der Waals surface area (Å²) < 4.78 is 40.9. The lowest BCUT2D eigenvalue weighted by atomic mass is 10.1. The summed E-state index contributed by atoms with van der Waals surface area (Å²) in [5, 5.41) is 0. The fraction of sp³-hybridized carbons (Fsp3) is 0.273. The van der Waals surface area contributed by atoms with Gasteiger partial charge in [-0.25, -0.2) is 9.79 Å². The van der Waals surface area contributed by atoms with Crippen molar-refractivity contribution < 1.29 is 22.7 Å². The molecule has 1 aliphatic heterocycles. The van der Waals surface area contributed by atoms with Crippen LogP contribution in [0.25, 0.3) is 0 Å². The van der Waals surface area contributed by atoms with Gasteiger partial charge in [-0.2, -0.15) is 13.2 Å². The van der Waals surface area contributed by atoms with Crippen LogP contribution in [0.5, 0.6) is 0 Å². The zero-order valence-corrected chi connectivity index (χ0v) is 8.57. The Hall–Kier alpha value is -1.85. The first-order chi connectivity index (χ1) is 7.97. The Morgan fingerprint density at radius 3 is 2.41 bits per heavy atom. The molecular formula is C11H8F3NO2. The number of esters is 1. The molecule has 1 aromatic carbocycles. The molecule has 0 amide bonds. The molecule has 1 heterocycles. The molecule has 0 bridgehead atoms. The number of nitrogens with zero attached hydrogens (tertiary/aromatic N) is 1. The molecule has 90 valence electrons. The molecule has 0 N–H and O–H groups in total. The molecular weight excluding hydrogens is 235 g/mol. The van der Waals surface area contributed by atoms with Gasteiger partial charge in [0.25, 0.3) is 6.23 Å². The van der Waals surface area contributed by atoms with Crippen LogP contribution in [0.1, 0.15) is 5.56 Å². The van der Waals surface area contributed by atoms with Crippen LogP contribution in [0.4, 0.5) is 13.2 Å². The largest absolute Gasteiger partial charge is 0.447 e. The van der Waals surface area contributed by atoms with E-state index in [1.165, 1.54) is 0 Å². The normalized spacial score (nSPS) is 20.1. The zero-order chi connectivity index (χ0) is 12.5. The number of rotatable bonds is 2. The third-order valence-corrected chi connectivity index (χ3v) is 2.22. The Morgan fingerprint density at radius 1 is 1.24 bits per heavy atom. The van der Waals surface area contributed by atoms with Crippen molar-refractivity contribution in [3.63, 3.8) is 0 Å². The van der Waals surface area contributed by atoms with Gasteiger partial charge < -0.3 is 4.74 Å². The van der Waals surface area contributed by atoms with Gasteiger partial charge >= 0.3 is 12.1 Å². The third-order valence-electron chi connectivity index (χ3n) is 2.22. The van der Waals surface area contributed by atoms with Gasteiger partial charge in [0.05, 0.1) is 0 Å². The first-order valence-corrected chi connectivity index (χ1v) is 4.85. The SMILES string of the molecule is O=C1O[C@H](C(F)(F)F)N=C1Cc1ccccc1. The number of aliphatic imine (C=N–C) groups is 1. The van der Waals surface area contributed by atoms with Gasteiger partial charge in [0.1, 0.15) is 5.71 Å². The number of carbonyl (C=O) groups excluding carboxylic acids is 1. The van der Waals surface area contributed by atoms with Crippen molar-refractivity contribution in [3.8, 4) is 0 Å². The van der Waals surface area contributed by atoms with Gasteiger partial charge in [0.15, 0.2) is 0 Å². The first-order valence-electron chi connectivity index (χ1n) is 4.85. The number of halogens is 3. The maximum Gasteiger partial charge on any atom is 0.447 e. The van der Waals surface area contributed by atoms with E-state index in [1.807, 2.05) is 0 Å². The number of hydrogen-bond donors (Lipinski definition) is 0. The predicted molar refractivity (Wildman–Crippen MR) is 53.5 cm³/mol. The van der Waals surface area contributed by atoms with Gasteiger partial charge in [0.2, 0.25) is 0 Å². The molecule has 6 heteroatoms. The number of benzene rings is 1. The van der Waals surface area contributed by atoms with E-state index in [1.54, 1.807) is 30.3 Å². The number of alkyl halides is 3. The fourth-order valence-corrected chi connectivity index (χ4v) is 1.44. The molecule has 0 saturated carbocycles. The van der Waals surface area contributed by atoms with Gasteiger partial charge in [0, 0.05) is 6.42 Å². The highest BCUT2D eigenvalue weighted by Crippen LogP contribution is 2.27. The zero-order valence-electron chi connectivity index (χ0n) is 8.57. The summed E-state index contributed by atoms with van der Waals surface area (Å²) in [6.07, 6.45) is -6.95. The van der Waals surface area contributed by atoms with Gasteiger partial charge in [-0.1, -0.05) is 30.3 Å². The highest BCUT2D eigenvalue weighted by molar-refractivity contribution is 6.38. The second kappa shape index (κ2) is 4.20.